The minimum absolute atomic E-state index is 0.631. The van der Waals surface area contributed by atoms with Crippen LogP contribution in [0.15, 0.2) is 218 Å². The molecule has 0 unspecified atom stereocenters. The van der Waals surface area contributed by atoms with Crippen LogP contribution < -0.4 is 0 Å². The summed E-state index contributed by atoms with van der Waals surface area (Å²) in [6.07, 6.45) is 0. The summed E-state index contributed by atoms with van der Waals surface area (Å²) in [5.74, 6) is 1.90. The zero-order valence-electron chi connectivity index (χ0n) is 33.1. The van der Waals surface area contributed by atoms with Crippen molar-refractivity contribution in [2.24, 2.45) is 0 Å². The Morgan fingerprint density at radius 3 is 1.36 bits per heavy atom. The number of aromatic nitrogens is 4. The first kappa shape index (κ1) is 34.8. The molecule has 4 heteroatoms. The van der Waals surface area contributed by atoms with Gasteiger partial charge in [0.15, 0.2) is 17.5 Å². The summed E-state index contributed by atoms with van der Waals surface area (Å²) in [4.78, 5) is 15.4. The summed E-state index contributed by atoms with van der Waals surface area (Å²) >= 11 is 0. The number of nitrogens with zero attached hydrogens (tertiary/aromatic N) is 4. The summed E-state index contributed by atoms with van der Waals surface area (Å²) in [7, 11) is 0. The van der Waals surface area contributed by atoms with Crippen molar-refractivity contribution < 1.29 is 0 Å². The van der Waals surface area contributed by atoms with Gasteiger partial charge in [0.1, 0.15) is 0 Å². The normalized spacial score (nSPS) is 11.6. The Balaban J connectivity index is 1.09. The van der Waals surface area contributed by atoms with E-state index in [1.807, 2.05) is 24.3 Å². The summed E-state index contributed by atoms with van der Waals surface area (Å²) in [6, 6.07) is 77.6. The third-order valence-electron chi connectivity index (χ3n) is 12.0. The SMILES string of the molecule is c1ccc(-c2ccc(-c3nc(-c4ccccc4)nc(-c4ccc5c(c4)c4ccccc4c4cccc(-n6c7ccccc7c7ccc(-c8ccccc8)cc76)c45)n3)cc2)cc1. The average molecular weight is 777 g/mol. The maximum Gasteiger partial charge on any atom is 0.164 e. The van der Waals surface area contributed by atoms with Crippen molar-refractivity contribution in [1.29, 1.82) is 0 Å². The summed E-state index contributed by atoms with van der Waals surface area (Å²) in [5, 5.41) is 9.59. The second kappa shape index (κ2) is 14.3. The minimum Gasteiger partial charge on any atom is -0.309 e. The van der Waals surface area contributed by atoms with Crippen LogP contribution in [0, 0.1) is 0 Å². The molecule has 0 atom stereocenters. The molecule has 0 saturated heterocycles. The van der Waals surface area contributed by atoms with E-state index in [0.29, 0.717) is 17.5 Å². The largest absolute Gasteiger partial charge is 0.309 e. The highest BCUT2D eigenvalue weighted by molar-refractivity contribution is 6.28. The molecule has 0 spiro atoms. The third kappa shape index (κ3) is 5.88. The fraction of sp³-hybridized carbons (Fsp3) is 0. The molecule has 0 radical (unpaired) electrons. The van der Waals surface area contributed by atoms with E-state index >= 15 is 0 Å². The van der Waals surface area contributed by atoms with Crippen molar-refractivity contribution in [3.8, 4) is 62.1 Å². The highest BCUT2D eigenvalue weighted by atomic mass is 15.0. The average Bonchev–Trinajstić information content (AvgIpc) is 3.68. The molecule has 0 aliphatic rings. The number of para-hydroxylation sites is 1. The zero-order valence-corrected chi connectivity index (χ0v) is 33.1. The van der Waals surface area contributed by atoms with E-state index in [1.54, 1.807) is 0 Å². The monoisotopic (exact) mass is 776 g/mol. The summed E-state index contributed by atoms with van der Waals surface area (Å²) in [5.41, 5.74) is 11.0. The first-order valence-corrected chi connectivity index (χ1v) is 20.7. The molecule has 61 heavy (non-hydrogen) atoms. The van der Waals surface area contributed by atoms with Gasteiger partial charge in [-0.1, -0.05) is 194 Å². The van der Waals surface area contributed by atoms with Crippen LogP contribution in [-0.2, 0) is 0 Å². The number of hydrogen-bond acceptors (Lipinski definition) is 3. The Morgan fingerprint density at radius 2 is 0.672 bits per heavy atom. The van der Waals surface area contributed by atoms with Crippen LogP contribution in [0.1, 0.15) is 0 Å². The van der Waals surface area contributed by atoms with Crippen molar-refractivity contribution >= 4 is 54.1 Å². The third-order valence-corrected chi connectivity index (χ3v) is 12.0. The lowest BCUT2D eigenvalue weighted by molar-refractivity contribution is 1.07. The molecule has 0 bridgehead atoms. The van der Waals surface area contributed by atoms with E-state index < -0.39 is 0 Å². The molecule has 0 aliphatic carbocycles. The van der Waals surface area contributed by atoms with Crippen molar-refractivity contribution in [2.45, 2.75) is 0 Å². The molecule has 4 nitrogen and oxygen atoms in total. The second-order valence-electron chi connectivity index (χ2n) is 15.6. The highest BCUT2D eigenvalue weighted by Crippen LogP contribution is 2.43. The Labute approximate surface area is 352 Å². The lowest BCUT2D eigenvalue weighted by atomic mass is 9.92. The molecular weight excluding hydrogens is 741 g/mol. The van der Waals surface area contributed by atoms with E-state index in [2.05, 4.69) is 199 Å². The first-order valence-electron chi connectivity index (χ1n) is 20.7. The molecule has 0 amide bonds. The van der Waals surface area contributed by atoms with Gasteiger partial charge in [0.2, 0.25) is 0 Å². The van der Waals surface area contributed by atoms with E-state index in [9.17, 15) is 0 Å². The minimum atomic E-state index is 0.631. The molecule has 0 aliphatic heterocycles. The molecule has 10 aromatic carbocycles. The number of rotatable bonds is 6. The maximum absolute atomic E-state index is 5.18. The Hall–Kier alpha value is -8.21. The van der Waals surface area contributed by atoms with E-state index in [1.165, 1.54) is 65.4 Å². The zero-order chi connectivity index (χ0) is 40.3. The van der Waals surface area contributed by atoms with Crippen LogP contribution in [0.25, 0.3) is 116 Å². The van der Waals surface area contributed by atoms with Gasteiger partial charge >= 0.3 is 0 Å². The fourth-order valence-corrected chi connectivity index (χ4v) is 9.14. The van der Waals surface area contributed by atoms with Crippen LogP contribution in [0.2, 0.25) is 0 Å². The van der Waals surface area contributed by atoms with Gasteiger partial charge in [-0.25, -0.2) is 15.0 Å². The number of hydrogen-bond donors (Lipinski definition) is 0. The lowest BCUT2D eigenvalue weighted by Gasteiger charge is -2.17. The van der Waals surface area contributed by atoms with E-state index in [0.717, 1.165) is 33.3 Å². The van der Waals surface area contributed by atoms with Crippen LogP contribution in [0.4, 0.5) is 0 Å². The van der Waals surface area contributed by atoms with Crippen molar-refractivity contribution in [2.75, 3.05) is 0 Å². The van der Waals surface area contributed by atoms with Gasteiger partial charge in [-0.2, -0.15) is 0 Å². The van der Waals surface area contributed by atoms with Gasteiger partial charge in [-0.3, -0.25) is 0 Å². The smallest absolute Gasteiger partial charge is 0.164 e. The fourth-order valence-electron chi connectivity index (χ4n) is 9.14. The van der Waals surface area contributed by atoms with Gasteiger partial charge in [-0.05, 0) is 73.5 Å². The quantitative estimate of drug-likeness (QED) is 0.158. The Morgan fingerprint density at radius 1 is 0.246 bits per heavy atom. The molecule has 2 heterocycles. The molecule has 0 fully saturated rings. The van der Waals surface area contributed by atoms with Crippen LogP contribution in [-0.4, -0.2) is 19.5 Å². The molecule has 2 aromatic heterocycles. The van der Waals surface area contributed by atoms with Gasteiger partial charge in [0, 0.05) is 32.8 Å². The van der Waals surface area contributed by atoms with Gasteiger partial charge in [0.25, 0.3) is 0 Å². The molecule has 0 saturated carbocycles. The van der Waals surface area contributed by atoms with Gasteiger partial charge < -0.3 is 4.57 Å². The summed E-state index contributed by atoms with van der Waals surface area (Å²) < 4.78 is 2.47. The molecule has 0 N–H and O–H groups in total. The highest BCUT2D eigenvalue weighted by Gasteiger charge is 2.20. The van der Waals surface area contributed by atoms with E-state index in [4.69, 9.17) is 15.0 Å². The molecule has 284 valence electrons. The maximum atomic E-state index is 5.18. The van der Waals surface area contributed by atoms with Gasteiger partial charge in [-0.15, -0.1) is 0 Å². The molecule has 12 rings (SSSR count). The predicted molar refractivity (Wildman–Crippen MR) is 254 cm³/mol. The van der Waals surface area contributed by atoms with Crippen LogP contribution in [0.3, 0.4) is 0 Å². The number of benzene rings is 10. The standard InChI is InChI=1S/C57H36N4/c1-4-15-37(16-5-1)39-27-29-41(30-28-39)56-58-55(40-19-8-3-9-20-40)59-57(60-56)43-32-34-49-50(35-43)45-22-11-10-21-44(45)48-24-14-26-52(54(48)49)61-51-25-13-12-23-46(51)47-33-31-42(36-53(47)61)38-17-6-2-7-18-38/h1-36H. The summed E-state index contributed by atoms with van der Waals surface area (Å²) in [6.45, 7) is 0. The predicted octanol–water partition coefficient (Wildman–Crippen LogP) is 14.8. The van der Waals surface area contributed by atoms with Gasteiger partial charge in [0.05, 0.1) is 16.7 Å². The Kier molecular flexibility index (Phi) is 8.13. The molecular formula is C57H36N4. The van der Waals surface area contributed by atoms with Crippen LogP contribution >= 0.6 is 0 Å². The van der Waals surface area contributed by atoms with Crippen molar-refractivity contribution in [3.63, 3.8) is 0 Å². The number of fused-ring (bicyclic) bond motifs is 9. The lowest BCUT2D eigenvalue weighted by Crippen LogP contribution is -2.00. The topological polar surface area (TPSA) is 43.6 Å². The first-order chi connectivity index (χ1) is 30.2. The van der Waals surface area contributed by atoms with Crippen molar-refractivity contribution in [3.05, 3.63) is 218 Å². The molecule has 12 aromatic rings. The second-order valence-corrected chi connectivity index (χ2v) is 15.6. The Bertz CT molecular complexity index is 3610. The van der Waals surface area contributed by atoms with E-state index in [-0.39, 0.29) is 0 Å². The van der Waals surface area contributed by atoms with Crippen LogP contribution in [0.5, 0.6) is 0 Å². The van der Waals surface area contributed by atoms with Crippen molar-refractivity contribution in [1.82, 2.24) is 19.5 Å².